The van der Waals surface area contributed by atoms with Crippen LogP contribution >= 0.6 is 0 Å². The molecule has 1 aliphatic heterocycles. The maximum absolute atomic E-state index is 10.1. The predicted octanol–water partition coefficient (Wildman–Crippen LogP) is 0.0639. The van der Waals surface area contributed by atoms with Crippen LogP contribution in [0.4, 0.5) is 0 Å². The highest BCUT2D eigenvalue weighted by Gasteiger charge is 2.10. The second-order valence-electron chi connectivity index (χ2n) is 2.41. The zero-order valence-electron chi connectivity index (χ0n) is 7.94. The summed E-state index contributed by atoms with van der Waals surface area (Å²) < 4.78 is 3.97. The van der Waals surface area contributed by atoms with Crippen molar-refractivity contribution in [3.8, 4) is 0 Å². The third-order valence-corrected chi connectivity index (χ3v) is 1.38. The van der Waals surface area contributed by atoms with E-state index in [4.69, 9.17) is 5.73 Å². The van der Waals surface area contributed by atoms with E-state index in [2.05, 4.69) is 4.74 Å². The molecule has 0 unspecified atom stereocenters. The lowest BCUT2D eigenvalue weighted by Gasteiger charge is -1.85. The number of ether oxygens (including phenoxy) is 1. The Balaban J connectivity index is 0.000000241. The number of rotatable bonds is 1. The van der Waals surface area contributed by atoms with Crippen LogP contribution in [-0.4, -0.2) is 17.8 Å². The molecule has 76 valence electrons. The standard InChI is InChI=1S/C5H9NO.C4H2O3/c1-3-4(2)5(6)7;5-3-1-2-4(6)7-3/h3H,1-2H3,(H2,6,7);1-2H. The number of esters is 2. The zero-order chi connectivity index (χ0) is 11.1. The quantitative estimate of drug-likeness (QED) is 0.366. The first-order valence-electron chi connectivity index (χ1n) is 3.84. The highest BCUT2D eigenvalue weighted by molar-refractivity contribution is 6.04. The van der Waals surface area contributed by atoms with Crippen molar-refractivity contribution in [3.05, 3.63) is 23.8 Å². The minimum Gasteiger partial charge on any atom is -0.387 e. The maximum Gasteiger partial charge on any atom is 0.338 e. The fourth-order valence-electron chi connectivity index (χ4n) is 0.446. The van der Waals surface area contributed by atoms with Crippen molar-refractivity contribution in [2.24, 2.45) is 5.73 Å². The summed E-state index contributed by atoms with van der Waals surface area (Å²) in [6.45, 7) is 3.46. The molecule has 1 amide bonds. The van der Waals surface area contributed by atoms with Crippen molar-refractivity contribution >= 4 is 17.8 Å². The van der Waals surface area contributed by atoms with Gasteiger partial charge in [0.25, 0.3) is 0 Å². The molecule has 1 rings (SSSR count). The summed E-state index contributed by atoms with van der Waals surface area (Å²) >= 11 is 0. The van der Waals surface area contributed by atoms with Crippen molar-refractivity contribution in [3.63, 3.8) is 0 Å². The van der Waals surface area contributed by atoms with Crippen LogP contribution in [0.5, 0.6) is 0 Å². The second-order valence-corrected chi connectivity index (χ2v) is 2.41. The Bertz CT molecular complexity index is 296. The molecule has 5 heteroatoms. The van der Waals surface area contributed by atoms with Crippen LogP contribution in [0, 0.1) is 0 Å². The Morgan fingerprint density at radius 2 is 1.79 bits per heavy atom. The number of carbonyl (C=O) groups is 3. The van der Waals surface area contributed by atoms with Crippen LogP contribution in [0.1, 0.15) is 13.8 Å². The molecule has 5 nitrogen and oxygen atoms in total. The van der Waals surface area contributed by atoms with E-state index >= 15 is 0 Å². The molecule has 0 fully saturated rings. The molecule has 0 aromatic rings. The molecule has 0 aromatic carbocycles. The van der Waals surface area contributed by atoms with E-state index in [-0.39, 0.29) is 5.91 Å². The third-order valence-electron chi connectivity index (χ3n) is 1.38. The maximum atomic E-state index is 10.1. The fraction of sp³-hybridized carbons (Fsp3) is 0.222. The number of hydrogen-bond acceptors (Lipinski definition) is 4. The van der Waals surface area contributed by atoms with Gasteiger partial charge in [0.05, 0.1) is 0 Å². The first-order valence-corrected chi connectivity index (χ1v) is 3.84. The van der Waals surface area contributed by atoms with Crippen LogP contribution in [0.3, 0.4) is 0 Å². The summed E-state index contributed by atoms with van der Waals surface area (Å²) in [6, 6.07) is 0. The number of nitrogens with two attached hydrogens (primary N) is 1. The van der Waals surface area contributed by atoms with E-state index in [1.807, 2.05) is 0 Å². The zero-order valence-corrected chi connectivity index (χ0v) is 7.94. The van der Waals surface area contributed by atoms with E-state index in [0.29, 0.717) is 5.57 Å². The molecule has 2 N–H and O–H groups in total. The van der Waals surface area contributed by atoms with Gasteiger partial charge in [-0.1, -0.05) is 6.08 Å². The Hall–Kier alpha value is -1.91. The lowest BCUT2D eigenvalue weighted by atomic mass is 10.3. The second kappa shape index (κ2) is 5.69. The smallest absolute Gasteiger partial charge is 0.338 e. The van der Waals surface area contributed by atoms with Gasteiger partial charge in [-0.05, 0) is 13.8 Å². The minimum atomic E-state index is -0.579. The first kappa shape index (κ1) is 12.1. The third kappa shape index (κ3) is 4.87. The van der Waals surface area contributed by atoms with Crippen molar-refractivity contribution in [1.29, 1.82) is 0 Å². The SMILES string of the molecule is CC=C(C)C(N)=O.O=C1C=CC(=O)O1. The Labute approximate surface area is 81.2 Å². The Kier molecular flexibility index (Phi) is 4.91. The van der Waals surface area contributed by atoms with Crippen molar-refractivity contribution in [2.75, 3.05) is 0 Å². The van der Waals surface area contributed by atoms with E-state index in [9.17, 15) is 14.4 Å². The largest absolute Gasteiger partial charge is 0.387 e. The lowest BCUT2D eigenvalue weighted by molar-refractivity contribution is -0.150. The molecule has 1 heterocycles. The van der Waals surface area contributed by atoms with Gasteiger partial charge in [-0.2, -0.15) is 0 Å². The van der Waals surface area contributed by atoms with Gasteiger partial charge in [0.1, 0.15) is 0 Å². The number of hydrogen-bond donors (Lipinski definition) is 1. The molecule has 1 aliphatic rings. The minimum absolute atomic E-state index is 0.345. The summed E-state index contributed by atoms with van der Waals surface area (Å²) in [5, 5.41) is 0. The number of allylic oxidation sites excluding steroid dienone is 1. The molecule has 0 spiro atoms. The summed E-state index contributed by atoms with van der Waals surface area (Å²) in [5.41, 5.74) is 5.45. The van der Waals surface area contributed by atoms with Gasteiger partial charge in [0, 0.05) is 17.7 Å². The van der Waals surface area contributed by atoms with Crippen molar-refractivity contribution < 1.29 is 19.1 Å². The molecule has 0 bridgehead atoms. The molecule has 0 aromatic heterocycles. The predicted molar refractivity (Wildman–Crippen MR) is 48.9 cm³/mol. The molecule has 0 aliphatic carbocycles. The summed E-state index contributed by atoms with van der Waals surface area (Å²) in [4.78, 5) is 29.9. The number of primary amides is 1. The highest BCUT2D eigenvalue weighted by atomic mass is 16.6. The van der Waals surface area contributed by atoms with Crippen LogP contribution in [0.15, 0.2) is 23.8 Å². The fourth-order valence-corrected chi connectivity index (χ4v) is 0.446. The van der Waals surface area contributed by atoms with Gasteiger partial charge in [-0.25, -0.2) is 9.59 Å². The number of cyclic esters (lactones) is 2. The molecule has 0 saturated heterocycles. The Morgan fingerprint density at radius 1 is 1.36 bits per heavy atom. The van der Waals surface area contributed by atoms with E-state index < -0.39 is 11.9 Å². The van der Waals surface area contributed by atoms with Crippen LogP contribution in [0.2, 0.25) is 0 Å². The van der Waals surface area contributed by atoms with Crippen LogP contribution in [0.25, 0.3) is 0 Å². The van der Waals surface area contributed by atoms with Gasteiger partial charge in [0.2, 0.25) is 5.91 Å². The molecule has 0 radical (unpaired) electrons. The molecular formula is C9H11NO4. The van der Waals surface area contributed by atoms with E-state index in [0.717, 1.165) is 12.2 Å². The van der Waals surface area contributed by atoms with Crippen LogP contribution < -0.4 is 5.73 Å². The lowest BCUT2D eigenvalue weighted by Crippen LogP contribution is -2.10. The average Bonchev–Trinajstić information content (AvgIpc) is 2.49. The summed E-state index contributed by atoms with van der Waals surface area (Å²) in [6.07, 6.45) is 3.85. The normalized spacial score (nSPS) is 14.6. The highest BCUT2D eigenvalue weighted by Crippen LogP contribution is 1.92. The van der Waals surface area contributed by atoms with Crippen molar-refractivity contribution in [2.45, 2.75) is 13.8 Å². The monoisotopic (exact) mass is 197 g/mol. The van der Waals surface area contributed by atoms with Crippen LogP contribution in [-0.2, 0) is 19.1 Å². The molecule has 0 saturated carbocycles. The summed E-state index contributed by atoms with van der Waals surface area (Å²) in [5.74, 6) is -1.50. The Morgan fingerprint density at radius 3 is 1.86 bits per heavy atom. The van der Waals surface area contributed by atoms with E-state index in [1.165, 1.54) is 0 Å². The van der Waals surface area contributed by atoms with Gasteiger partial charge in [-0.15, -0.1) is 0 Å². The van der Waals surface area contributed by atoms with Gasteiger partial charge in [-0.3, -0.25) is 4.79 Å². The number of carbonyl (C=O) groups excluding carboxylic acids is 3. The summed E-state index contributed by atoms with van der Waals surface area (Å²) in [7, 11) is 0. The topological polar surface area (TPSA) is 86.5 Å². The molecular weight excluding hydrogens is 186 g/mol. The van der Waals surface area contributed by atoms with Crippen molar-refractivity contribution in [1.82, 2.24) is 0 Å². The van der Waals surface area contributed by atoms with E-state index in [1.54, 1.807) is 19.9 Å². The average molecular weight is 197 g/mol. The first-order chi connectivity index (χ1) is 6.47. The van der Waals surface area contributed by atoms with Gasteiger partial charge in [0.15, 0.2) is 0 Å². The molecule has 14 heavy (non-hydrogen) atoms. The molecule has 0 atom stereocenters. The van der Waals surface area contributed by atoms with Gasteiger partial charge >= 0.3 is 11.9 Å². The number of amides is 1. The van der Waals surface area contributed by atoms with Gasteiger partial charge < -0.3 is 10.5 Å².